The lowest BCUT2D eigenvalue weighted by Gasteiger charge is -2.13. The first-order valence-electron chi connectivity index (χ1n) is 15.1. The average molecular weight is 567 g/mol. The van der Waals surface area contributed by atoms with Gasteiger partial charge in [-0.2, -0.15) is 0 Å². The molecule has 3 aromatic heterocycles. The van der Waals surface area contributed by atoms with Crippen molar-refractivity contribution in [2.24, 2.45) is 4.99 Å². The monoisotopic (exact) mass is 566 g/mol. The van der Waals surface area contributed by atoms with Gasteiger partial charge in [0, 0.05) is 51.1 Å². The second kappa shape index (κ2) is 8.91. The van der Waals surface area contributed by atoms with Crippen LogP contribution < -0.4 is 0 Å². The van der Waals surface area contributed by atoms with E-state index in [4.69, 9.17) is 14.7 Å². The summed E-state index contributed by atoms with van der Waals surface area (Å²) in [4.78, 5) is 9.91. The normalized spacial score (nSPS) is 17.3. The van der Waals surface area contributed by atoms with Crippen LogP contribution in [-0.2, 0) is 11.2 Å². The number of aliphatic imine (C=N–C) groups is 1. The van der Waals surface area contributed by atoms with Crippen LogP contribution in [0.1, 0.15) is 22.7 Å². The van der Waals surface area contributed by atoms with E-state index in [0.717, 1.165) is 56.8 Å². The molecule has 5 heteroatoms. The van der Waals surface area contributed by atoms with Gasteiger partial charge in [0.2, 0.25) is 5.90 Å². The molecule has 4 heterocycles. The van der Waals surface area contributed by atoms with E-state index >= 15 is 0 Å². The molecular formula is C39H26N4O. The minimum atomic E-state index is 0.0699. The zero-order valence-electron chi connectivity index (χ0n) is 23.8. The van der Waals surface area contributed by atoms with Gasteiger partial charge in [0.05, 0.1) is 16.6 Å². The van der Waals surface area contributed by atoms with Gasteiger partial charge in [-0.1, -0.05) is 72.8 Å². The number of pyridine rings is 1. The lowest BCUT2D eigenvalue weighted by atomic mass is 10.1. The predicted molar refractivity (Wildman–Crippen MR) is 177 cm³/mol. The van der Waals surface area contributed by atoms with Crippen LogP contribution in [0.3, 0.4) is 0 Å². The summed E-state index contributed by atoms with van der Waals surface area (Å²) in [6, 6.07) is 45.4. The van der Waals surface area contributed by atoms with Crippen molar-refractivity contribution in [2.45, 2.75) is 18.6 Å². The van der Waals surface area contributed by atoms with E-state index in [2.05, 4.69) is 130 Å². The molecule has 10 rings (SSSR count). The number of fused-ring (bicyclic) bond motifs is 9. The number of hydrogen-bond donors (Lipinski definition) is 0. The maximum Gasteiger partial charge on any atom is 0.217 e. The molecule has 8 aromatic rings. The fourth-order valence-electron chi connectivity index (χ4n) is 7.45. The Kier molecular flexibility index (Phi) is 4.83. The topological polar surface area (TPSA) is 44.3 Å². The van der Waals surface area contributed by atoms with Crippen molar-refractivity contribution >= 4 is 49.6 Å². The Hall–Kier alpha value is -5.68. The number of rotatable bonds is 3. The summed E-state index contributed by atoms with van der Waals surface area (Å²) in [6.07, 6.45) is 2.85. The molecule has 2 aliphatic rings. The Morgan fingerprint density at radius 2 is 1.32 bits per heavy atom. The van der Waals surface area contributed by atoms with E-state index in [1.165, 1.54) is 27.3 Å². The first-order valence-corrected chi connectivity index (χ1v) is 15.1. The van der Waals surface area contributed by atoms with Crippen LogP contribution in [0.2, 0.25) is 0 Å². The smallest absolute Gasteiger partial charge is 0.217 e. The van der Waals surface area contributed by atoms with Gasteiger partial charge in [-0.25, -0.2) is 9.98 Å². The van der Waals surface area contributed by atoms with Crippen LogP contribution in [-0.4, -0.2) is 26.1 Å². The molecule has 2 atom stereocenters. The van der Waals surface area contributed by atoms with Crippen LogP contribution in [0.5, 0.6) is 0 Å². The molecule has 0 unspecified atom stereocenters. The average Bonchev–Trinajstić information content (AvgIpc) is 3.82. The van der Waals surface area contributed by atoms with Gasteiger partial charge < -0.3 is 9.30 Å². The second-order valence-corrected chi connectivity index (χ2v) is 11.8. The molecule has 1 aliphatic heterocycles. The van der Waals surface area contributed by atoms with Crippen LogP contribution in [0.15, 0.2) is 139 Å². The molecule has 208 valence electrons. The largest absolute Gasteiger partial charge is 0.471 e. The molecule has 0 radical (unpaired) electrons. The zero-order chi connectivity index (χ0) is 28.8. The number of ether oxygens (including phenoxy) is 1. The summed E-state index contributed by atoms with van der Waals surface area (Å²) in [5, 5.41) is 4.79. The number of aromatic nitrogens is 3. The zero-order valence-corrected chi connectivity index (χ0v) is 23.8. The number of para-hydroxylation sites is 2. The molecule has 0 bridgehead atoms. The summed E-state index contributed by atoms with van der Waals surface area (Å²) < 4.78 is 11.1. The number of nitrogens with zero attached hydrogens (tertiary/aromatic N) is 4. The highest BCUT2D eigenvalue weighted by molar-refractivity contribution is 6.11. The van der Waals surface area contributed by atoms with Crippen molar-refractivity contribution in [1.82, 2.24) is 14.1 Å². The Labute approximate surface area is 253 Å². The van der Waals surface area contributed by atoms with E-state index in [1.807, 2.05) is 12.3 Å². The lowest BCUT2D eigenvalue weighted by molar-refractivity contribution is 0.206. The standard InChI is InChI=1S/C39H26N4O/c1-2-12-28-24(9-1)22-36-37(28)41-39(44-36)25-10-7-11-26(21-25)42-33-16-5-3-13-29(33)31-19-18-27(23-35(31)42)43-34-17-6-4-14-30(34)32-15-8-20-40-38(32)43/h1-21,23,36-37H,22H2/t36-,37+/m1/s1. The molecule has 1 aliphatic carbocycles. The number of hydrogen-bond acceptors (Lipinski definition) is 3. The van der Waals surface area contributed by atoms with Crippen molar-refractivity contribution in [3.05, 3.63) is 150 Å². The predicted octanol–water partition coefficient (Wildman–Crippen LogP) is 8.72. The first-order chi connectivity index (χ1) is 21.8. The molecule has 5 aromatic carbocycles. The molecular weight excluding hydrogens is 540 g/mol. The number of benzene rings is 5. The minimum Gasteiger partial charge on any atom is -0.471 e. The third-order valence-electron chi connectivity index (χ3n) is 9.37. The minimum absolute atomic E-state index is 0.0699. The fourth-order valence-corrected chi connectivity index (χ4v) is 7.45. The summed E-state index contributed by atoms with van der Waals surface area (Å²) in [5.74, 6) is 0.731. The Morgan fingerprint density at radius 1 is 0.591 bits per heavy atom. The summed E-state index contributed by atoms with van der Waals surface area (Å²) in [6.45, 7) is 0. The Bertz CT molecular complexity index is 2430. The van der Waals surface area contributed by atoms with E-state index < -0.39 is 0 Å². The van der Waals surface area contributed by atoms with Gasteiger partial charge in [-0.15, -0.1) is 0 Å². The van der Waals surface area contributed by atoms with Crippen molar-refractivity contribution in [1.29, 1.82) is 0 Å². The van der Waals surface area contributed by atoms with Gasteiger partial charge in [-0.05, 0) is 65.7 Å². The van der Waals surface area contributed by atoms with E-state index in [1.54, 1.807) is 0 Å². The van der Waals surface area contributed by atoms with Gasteiger partial charge >= 0.3 is 0 Å². The Balaban J connectivity index is 1.17. The molecule has 0 N–H and O–H groups in total. The van der Waals surface area contributed by atoms with Crippen molar-refractivity contribution in [3.63, 3.8) is 0 Å². The second-order valence-electron chi connectivity index (χ2n) is 11.8. The molecule has 0 spiro atoms. The van der Waals surface area contributed by atoms with Crippen LogP contribution in [0, 0.1) is 0 Å². The molecule has 0 amide bonds. The Morgan fingerprint density at radius 3 is 2.23 bits per heavy atom. The summed E-state index contributed by atoms with van der Waals surface area (Å²) in [7, 11) is 0. The fraction of sp³-hybridized carbons (Fsp3) is 0.0769. The third-order valence-corrected chi connectivity index (χ3v) is 9.37. The molecule has 5 nitrogen and oxygen atoms in total. The maximum atomic E-state index is 6.48. The third kappa shape index (κ3) is 3.29. The highest BCUT2D eigenvalue weighted by Gasteiger charge is 2.39. The maximum absolute atomic E-state index is 6.48. The van der Waals surface area contributed by atoms with Crippen LogP contribution in [0.4, 0.5) is 0 Å². The molecule has 0 fully saturated rings. The van der Waals surface area contributed by atoms with Gasteiger partial charge in [0.1, 0.15) is 17.8 Å². The highest BCUT2D eigenvalue weighted by Crippen LogP contribution is 2.41. The first kappa shape index (κ1) is 23.8. The summed E-state index contributed by atoms with van der Waals surface area (Å²) in [5.41, 5.74) is 10.2. The molecule has 44 heavy (non-hydrogen) atoms. The van der Waals surface area contributed by atoms with Crippen LogP contribution in [0.25, 0.3) is 55.1 Å². The highest BCUT2D eigenvalue weighted by atomic mass is 16.5. The van der Waals surface area contributed by atoms with Crippen molar-refractivity contribution in [2.75, 3.05) is 0 Å². The van der Waals surface area contributed by atoms with Crippen molar-refractivity contribution in [3.8, 4) is 11.4 Å². The van der Waals surface area contributed by atoms with Crippen molar-refractivity contribution < 1.29 is 4.74 Å². The summed E-state index contributed by atoms with van der Waals surface area (Å²) >= 11 is 0. The van der Waals surface area contributed by atoms with Gasteiger partial charge in [0.15, 0.2) is 0 Å². The quantitative estimate of drug-likeness (QED) is 0.215. The lowest BCUT2D eigenvalue weighted by Crippen LogP contribution is -2.13. The van der Waals surface area contributed by atoms with E-state index in [-0.39, 0.29) is 12.1 Å². The van der Waals surface area contributed by atoms with Gasteiger partial charge in [-0.3, -0.25) is 4.57 Å². The molecule has 0 saturated heterocycles. The van der Waals surface area contributed by atoms with E-state index in [0.29, 0.717) is 0 Å². The van der Waals surface area contributed by atoms with Crippen LogP contribution >= 0.6 is 0 Å². The molecule has 0 saturated carbocycles. The SMILES string of the molecule is c1cc(C2=N[C@H]3c4ccccc4C[C@H]3O2)cc(-n2c3ccccc3c3ccc(-n4c5ccccc5c5cccnc54)cc32)c1. The van der Waals surface area contributed by atoms with Gasteiger partial charge in [0.25, 0.3) is 0 Å². The van der Waals surface area contributed by atoms with E-state index in [9.17, 15) is 0 Å².